The smallest absolute Gasteiger partial charge is 0.219 e. The zero-order valence-electron chi connectivity index (χ0n) is 11.2. The Balaban J connectivity index is 2.43. The number of aryl methyl sites for hydroxylation is 1. The summed E-state index contributed by atoms with van der Waals surface area (Å²) in [7, 11) is 1.66. The summed E-state index contributed by atoms with van der Waals surface area (Å²) in [6, 6.07) is 7.52. The highest BCUT2D eigenvalue weighted by atomic mass is 35.5. The van der Waals surface area contributed by atoms with Crippen molar-refractivity contribution in [1.82, 2.24) is 9.78 Å². The molecule has 0 saturated carbocycles. The van der Waals surface area contributed by atoms with E-state index >= 15 is 0 Å². The SMILES string of the molecule is COc1c(CCCN)c(C)nn1-c1ccc(Cl)cc1. The number of halogens is 1. The van der Waals surface area contributed by atoms with Gasteiger partial charge in [0.1, 0.15) is 0 Å². The van der Waals surface area contributed by atoms with Gasteiger partial charge in [0.05, 0.1) is 18.5 Å². The van der Waals surface area contributed by atoms with E-state index in [1.165, 1.54) is 0 Å². The molecule has 0 spiro atoms. The van der Waals surface area contributed by atoms with Crippen molar-refractivity contribution in [3.05, 3.63) is 40.5 Å². The molecule has 0 aliphatic heterocycles. The van der Waals surface area contributed by atoms with Gasteiger partial charge in [0.15, 0.2) is 0 Å². The summed E-state index contributed by atoms with van der Waals surface area (Å²) in [4.78, 5) is 0. The molecule has 0 amide bonds. The van der Waals surface area contributed by atoms with Crippen LogP contribution in [0.1, 0.15) is 17.7 Å². The second kappa shape index (κ2) is 6.08. The van der Waals surface area contributed by atoms with E-state index in [1.54, 1.807) is 11.8 Å². The van der Waals surface area contributed by atoms with E-state index in [9.17, 15) is 0 Å². The first kappa shape index (κ1) is 13.9. The van der Waals surface area contributed by atoms with Crippen LogP contribution in [0, 0.1) is 6.92 Å². The molecule has 2 rings (SSSR count). The van der Waals surface area contributed by atoms with Crippen LogP contribution in [0.25, 0.3) is 5.69 Å². The van der Waals surface area contributed by atoms with Gasteiger partial charge in [-0.3, -0.25) is 0 Å². The minimum atomic E-state index is 0.661. The van der Waals surface area contributed by atoms with Gasteiger partial charge in [-0.1, -0.05) is 11.6 Å². The van der Waals surface area contributed by atoms with Gasteiger partial charge in [0.25, 0.3) is 0 Å². The summed E-state index contributed by atoms with van der Waals surface area (Å²) in [6.45, 7) is 2.65. The highest BCUT2D eigenvalue weighted by Gasteiger charge is 2.16. The molecular weight excluding hydrogens is 262 g/mol. The molecule has 102 valence electrons. The maximum absolute atomic E-state index is 5.90. The quantitative estimate of drug-likeness (QED) is 0.916. The third-order valence-corrected chi connectivity index (χ3v) is 3.28. The molecule has 0 fully saturated rings. The zero-order chi connectivity index (χ0) is 13.8. The Hall–Kier alpha value is -1.52. The van der Waals surface area contributed by atoms with Crippen LogP contribution < -0.4 is 10.5 Å². The second-order valence-corrected chi connectivity index (χ2v) is 4.79. The molecule has 2 aromatic rings. The molecule has 19 heavy (non-hydrogen) atoms. The van der Waals surface area contributed by atoms with Gasteiger partial charge in [-0.2, -0.15) is 5.10 Å². The average molecular weight is 280 g/mol. The molecule has 1 aromatic heterocycles. The fourth-order valence-electron chi connectivity index (χ4n) is 2.07. The largest absolute Gasteiger partial charge is 0.481 e. The topological polar surface area (TPSA) is 53.1 Å². The third kappa shape index (κ3) is 2.91. The van der Waals surface area contributed by atoms with Crippen molar-refractivity contribution in [2.75, 3.05) is 13.7 Å². The summed E-state index contributed by atoms with van der Waals surface area (Å²) in [5.74, 6) is 0.772. The molecule has 1 aromatic carbocycles. The van der Waals surface area contributed by atoms with Crippen LogP contribution in [0.5, 0.6) is 5.88 Å². The van der Waals surface area contributed by atoms with Crippen LogP contribution in [0.2, 0.25) is 5.02 Å². The summed E-state index contributed by atoms with van der Waals surface area (Å²) in [6.07, 6.45) is 1.79. The normalized spacial score (nSPS) is 10.7. The first-order valence-corrected chi connectivity index (χ1v) is 6.63. The summed E-state index contributed by atoms with van der Waals surface area (Å²) in [5, 5.41) is 5.25. The van der Waals surface area contributed by atoms with Crippen molar-refractivity contribution < 1.29 is 4.74 Å². The van der Waals surface area contributed by atoms with Crippen molar-refractivity contribution in [1.29, 1.82) is 0 Å². The molecule has 0 saturated heterocycles. The van der Waals surface area contributed by atoms with E-state index in [2.05, 4.69) is 5.10 Å². The molecule has 5 heteroatoms. The minimum absolute atomic E-state index is 0.661. The number of benzene rings is 1. The highest BCUT2D eigenvalue weighted by molar-refractivity contribution is 6.30. The summed E-state index contributed by atoms with van der Waals surface area (Å²) < 4.78 is 7.31. The van der Waals surface area contributed by atoms with Gasteiger partial charge in [-0.25, -0.2) is 4.68 Å². The van der Waals surface area contributed by atoms with Gasteiger partial charge < -0.3 is 10.5 Å². The zero-order valence-corrected chi connectivity index (χ0v) is 11.9. The summed E-state index contributed by atoms with van der Waals surface area (Å²) in [5.41, 5.74) is 8.59. The molecule has 0 unspecified atom stereocenters. The fourth-order valence-corrected chi connectivity index (χ4v) is 2.20. The van der Waals surface area contributed by atoms with E-state index in [1.807, 2.05) is 31.2 Å². The van der Waals surface area contributed by atoms with Gasteiger partial charge >= 0.3 is 0 Å². The standard InChI is InChI=1S/C14H18ClN3O/c1-10-13(4-3-9-16)14(19-2)18(17-10)12-7-5-11(15)6-8-12/h5-8H,3-4,9,16H2,1-2H3. The van der Waals surface area contributed by atoms with Crippen LogP contribution >= 0.6 is 11.6 Å². The van der Waals surface area contributed by atoms with Crippen LogP contribution in [0.4, 0.5) is 0 Å². The van der Waals surface area contributed by atoms with Crippen LogP contribution in [-0.2, 0) is 6.42 Å². The Morgan fingerprint density at radius 1 is 1.32 bits per heavy atom. The Morgan fingerprint density at radius 3 is 2.58 bits per heavy atom. The first-order chi connectivity index (χ1) is 9.17. The number of hydrogen-bond donors (Lipinski definition) is 1. The van der Waals surface area contributed by atoms with Crippen LogP contribution in [0.15, 0.2) is 24.3 Å². The van der Waals surface area contributed by atoms with E-state index in [0.717, 1.165) is 35.7 Å². The van der Waals surface area contributed by atoms with E-state index < -0.39 is 0 Å². The number of ether oxygens (including phenoxy) is 1. The third-order valence-electron chi connectivity index (χ3n) is 3.03. The lowest BCUT2D eigenvalue weighted by Gasteiger charge is -2.08. The Bertz CT molecular complexity index is 549. The molecular formula is C14H18ClN3O. The molecule has 0 radical (unpaired) electrons. The lowest BCUT2D eigenvalue weighted by Crippen LogP contribution is -2.03. The van der Waals surface area contributed by atoms with Crippen molar-refractivity contribution in [3.8, 4) is 11.6 Å². The number of aromatic nitrogens is 2. The number of hydrogen-bond acceptors (Lipinski definition) is 3. The van der Waals surface area contributed by atoms with E-state index in [4.69, 9.17) is 22.1 Å². The molecule has 1 heterocycles. The van der Waals surface area contributed by atoms with Gasteiger partial charge in [-0.15, -0.1) is 0 Å². The molecule has 2 N–H and O–H groups in total. The van der Waals surface area contributed by atoms with Gasteiger partial charge in [-0.05, 0) is 50.6 Å². The van der Waals surface area contributed by atoms with Gasteiger partial charge in [0.2, 0.25) is 5.88 Å². The number of nitrogens with zero attached hydrogens (tertiary/aromatic N) is 2. The van der Waals surface area contributed by atoms with Crippen molar-refractivity contribution in [2.45, 2.75) is 19.8 Å². The molecule has 0 atom stereocenters. The predicted molar refractivity (Wildman–Crippen MR) is 77.2 cm³/mol. The lowest BCUT2D eigenvalue weighted by molar-refractivity contribution is 0.379. The van der Waals surface area contributed by atoms with E-state index in [-0.39, 0.29) is 0 Å². The Kier molecular flexibility index (Phi) is 4.45. The second-order valence-electron chi connectivity index (χ2n) is 4.35. The van der Waals surface area contributed by atoms with E-state index in [0.29, 0.717) is 11.6 Å². The maximum Gasteiger partial charge on any atom is 0.219 e. The first-order valence-electron chi connectivity index (χ1n) is 6.26. The summed E-state index contributed by atoms with van der Waals surface area (Å²) >= 11 is 5.90. The molecule has 0 bridgehead atoms. The van der Waals surface area contributed by atoms with Gasteiger partial charge in [0, 0.05) is 10.6 Å². The predicted octanol–water partition coefficient (Wildman–Crippen LogP) is 2.73. The average Bonchev–Trinajstić information content (AvgIpc) is 2.73. The highest BCUT2D eigenvalue weighted by Crippen LogP contribution is 2.27. The van der Waals surface area contributed by atoms with Crippen LogP contribution in [0.3, 0.4) is 0 Å². The Morgan fingerprint density at radius 2 is 2.00 bits per heavy atom. The molecule has 0 aliphatic rings. The maximum atomic E-state index is 5.90. The fraction of sp³-hybridized carbons (Fsp3) is 0.357. The number of nitrogens with two attached hydrogens (primary N) is 1. The monoisotopic (exact) mass is 279 g/mol. The van der Waals surface area contributed by atoms with Crippen molar-refractivity contribution in [3.63, 3.8) is 0 Å². The molecule has 0 aliphatic carbocycles. The van der Waals surface area contributed by atoms with Crippen LogP contribution in [-0.4, -0.2) is 23.4 Å². The number of rotatable bonds is 5. The minimum Gasteiger partial charge on any atom is -0.481 e. The molecule has 4 nitrogen and oxygen atoms in total. The van der Waals surface area contributed by atoms with Crippen molar-refractivity contribution in [2.24, 2.45) is 5.73 Å². The lowest BCUT2D eigenvalue weighted by atomic mass is 10.1. The van der Waals surface area contributed by atoms with Crippen molar-refractivity contribution >= 4 is 11.6 Å². The number of methoxy groups -OCH3 is 1. The Labute approximate surface area is 118 Å².